The highest BCUT2D eigenvalue weighted by Crippen LogP contribution is 2.21. The smallest absolute Gasteiger partial charge is 0.309 e. The van der Waals surface area contributed by atoms with E-state index in [0.29, 0.717) is 11.6 Å². The number of esters is 1. The standard InChI is InChI=1S/C20H19F3N2O4/c1-11(20(28)25-15-9-8-14(21)18(22)19(15)23)29-17(27)10-16(24-12(2)26)13-6-4-3-5-7-13/h3-9,11,16H,10H2,1-2H3,(H,24,26)(H,25,28)/t11-,16-/m0/s1. The maximum absolute atomic E-state index is 13.7. The van der Waals surface area contributed by atoms with Crippen LogP contribution in [0.5, 0.6) is 0 Å². The number of benzene rings is 2. The molecular weight excluding hydrogens is 389 g/mol. The van der Waals surface area contributed by atoms with E-state index in [0.717, 1.165) is 6.07 Å². The topological polar surface area (TPSA) is 84.5 Å². The van der Waals surface area contributed by atoms with Crippen LogP contribution in [0, 0.1) is 17.5 Å². The van der Waals surface area contributed by atoms with Crippen molar-refractivity contribution in [3.63, 3.8) is 0 Å². The van der Waals surface area contributed by atoms with Crippen LogP contribution in [0.15, 0.2) is 42.5 Å². The molecule has 0 aliphatic rings. The molecule has 2 atom stereocenters. The van der Waals surface area contributed by atoms with Crippen molar-refractivity contribution in [1.29, 1.82) is 0 Å². The van der Waals surface area contributed by atoms with E-state index in [1.165, 1.54) is 13.8 Å². The van der Waals surface area contributed by atoms with Crippen LogP contribution >= 0.6 is 0 Å². The van der Waals surface area contributed by atoms with Crippen molar-refractivity contribution in [2.24, 2.45) is 0 Å². The lowest BCUT2D eigenvalue weighted by Gasteiger charge is -2.19. The zero-order chi connectivity index (χ0) is 21.6. The van der Waals surface area contributed by atoms with Gasteiger partial charge in [-0.25, -0.2) is 13.2 Å². The quantitative estimate of drug-likeness (QED) is 0.544. The Kier molecular flexibility index (Phi) is 7.35. The Morgan fingerprint density at radius 3 is 2.28 bits per heavy atom. The molecule has 0 bridgehead atoms. The zero-order valence-corrected chi connectivity index (χ0v) is 15.7. The molecule has 2 amide bonds. The number of anilines is 1. The molecule has 2 aromatic carbocycles. The molecule has 0 heterocycles. The lowest BCUT2D eigenvalue weighted by atomic mass is 10.0. The molecule has 154 valence electrons. The van der Waals surface area contributed by atoms with E-state index in [1.54, 1.807) is 30.3 Å². The molecule has 0 aliphatic carbocycles. The Hall–Kier alpha value is -3.36. The Morgan fingerprint density at radius 1 is 1.00 bits per heavy atom. The minimum atomic E-state index is -1.73. The van der Waals surface area contributed by atoms with E-state index in [1.807, 2.05) is 5.32 Å². The predicted molar refractivity (Wildman–Crippen MR) is 98.1 cm³/mol. The van der Waals surface area contributed by atoms with Crippen molar-refractivity contribution < 1.29 is 32.3 Å². The van der Waals surface area contributed by atoms with Gasteiger partial charge in [-0.05, 0) is 24.6 Å². The van der Waals surface area contributed by atoms with Gasteiger partial charge in [0.15, 0.2) is 23.6 Å². The van der Waals surface area contributed by atoms with Crippen LogP contribution in [0.3, 0.4) is 0 Å². The van der Waals surface area contributed by atoms with Gasteiger partial charge in [0, 0.05) is 6.92 Å². The fraction of sp³-hybridized carbons (Fsp3) is 0.250. The third-order valence-electron chi connectivity index (χ3n) is 3.92. The molecule has 0 saturated heterocycles. The van der Waals surface area contributed by atoms with Crippen molar-refractivity contribution in [3.05, 3.63) is 65.5 Å². The maximum atomic E-state index is 13.7. The van der Waals surface area contributed by atoms with Gasteiger partial charge in [0.2, 0.25) is 5.91 Å². The van der Waals surface area contributed by atoms with Gasteiger partial charge in [0.25, 0.3) is 5.91 Å². The van der Waals surface area contributed by atoms with E-state index >= 15 is 0 Å². The van der Waals surface area contributed by atoms with Gasteiger partial charge in [-0.15, -0.1) is 0 Å². The molecule has 6 nitrogen and oxygen atoms in total. The Morgan fingerprint density at radius 2 is 1.66 bits per heavy atom. The molecule has 0 aromatic heterocycles. The van der Waals surface area contributed by atoms with Gasteiger partial charge in [-0.3, -0.25) is 14.4 Å². The average Bonchev–Trinajstić information content (AvgIpc) is 2.68. The first-order valence-electron chi connectivity index (χ1n) is 8.65. The number of nitrogens with one attached hydrogen (secondary N) is 2. The van der Waals surface area contributed by atoms with Gasteiger partial charge in [-0.2, -0.15) is 0 Å². The van der Waals surface area contributed by atoms with E-state index in [-0.39, 0.29) is 12.3 Å². The summed E-state index contributed by atoms with van der Waals surface area (Å²) >= 11 is 0. The SMILES string of the molecule is CC(=O)N[C@@H](CC(=O)O[C@@H](C)C(=O)Nc1ccc(F)c(F)c1F)c1ccccc1. The molecule has 0 fully saturated rings. The Labute approximate surface area is 165 Å². The van der Waals surface area contributed by atoms with Gasteiger partial charge in [-0.1, -0.05) is 30.3 Å². The number of hydrogen-bond acceptors (Lipinski definition) is 4. The second kappa shape index (κ2) is 9.72. The van der Waals surface area contributed by atoms with E-state index in [9.17, 15) is 27.6 Å². The molecule has 29 heavy (non-hydrogen) atoms. The maximum Gasteiger partial charge on any atom is 0.309 e. The Balaban J connectivity index is 2.00. The number of carbonyl (C=O) groups excluding carboxylic acids is 3. The molecule has 0 unspecified atom stereocenters. The summed E-state index contributed by atoms with van der Waals surface area (Å²) in [4.78, 5) is 35.7. The third kappa shape index (κ3) is 6.06. The van der Waals surface area contributed by atoms with Crippen molar-refractivity contribution >= 4 is 23.5 Å². The molecule has 0 radical (unpaired) electrons. The molecule has 0 spiro atoms. The fourth-order valence-electron chi connectivity index (χ4n) is 2.51. The molecule has 0 saturated carbocycles. The summed E-state index contributed by atoms with van der Waals surface area (Å²) in [6.07, 6.45) is -1.59. The van der Waals surface area contributed by atoms with Crippen molar-refractivity contribution in [2.45, 2.75) is 32.4 Å². The number of hydrogen-bond donors (Lipinski definition) is 2. The first kappa shape index (κ1) is 21.9. The largest absolute Gasteiger partial charge is 0.452 e. The van der Waals surface area contributed by atoms with Crippen LogP contribution < -0.4 is 10.6 Å². The van der Waals surface area contributed by atoms with Crippen LogP contribution in [0.2, 0.25) is 0 Å². The van der Waals surface area contributed by atoms with Gasteiger partial charge in [0.1, 0.15) is 0 Å². The summed E-state index contributed by atoms with van der Waals surface area (Å²) in [5, 5.41) is 4.65. The molecule has 0 aliphatic heterocycles. The van der Waals surface area contributed by atoms with Gasteiger partial charge < -0.3 is 15.4 Å². The van der Waals surface area contributed by atoms with Crippen LogP contribution in [0.4, 0.5) is 18.9 Å². The third-order valence-corrected chi connectivity index (χ3v) is 3.92. The minimum Gasteiger partial charge on any atom is -0.452 e. The summed E-state index contributed by atoms with van der Waals surface area (Å²) in [6, 6.07) is 9.52. The van der Waals surface area contributed by atoms with Crippen LogP contribution in [-0.2, 0) is 19.1 Å². The second-order valence-corrected chi connectivity index (χ2v) is 6.21. The highest BCUT2D eigenvalue weighted by Gasteiger charge is 2.24. The van der Waals surface area contributed by atoms with Crippen LogP contribution in [-0.4, -0.2) is 23.9 Å². The molecule has 2 N–H and O–H groups in total. The van der Waals surface area contributed by atoms with E-state index in [2.05, 4.69) is 5.32 Å². The number of rotatable bonds is 7. The number of amides is 2. The van der Waals surface area contributed by atoms with Crippen LogP contribution in [0.1, 0.15) is 31.9 Å². The normalized spacial score (nSPS) is 12.6. The summed E-state index contributed by atoms with van der Waals surface area (Å²) in [7, 11) is 0. The van der Waals surface area contributed by atoms with E-state index in [4.69, 9.17) is 4.74 Å². The molecule has 9 heteroatoms. The number of carbonyl (C=O) groups is 3. The molecular formula is C20H19F3N2O4. The first-order chi connectivity index (χ1) is 13.7. The average molecular weight is 408 g/mol. The van der Waals surface area contributed by atoms with Crippen molar-refractivity contribution in [3.8, 4) is 0 Å². The minimum absolute atomic E-state index is 0.249. The number of ether oxygens (including phenoxy) is 1. The zero-order valence-electron chi connectivity index (χ0n) is 15.7. The summed E-state index contributed by atoms with van der Waals surface area (Å²) < 4.78 is 44.9. The van der Waals surface area contributed by atoms with E-state index < -0.39 is 47.2 Å². The molecule has 2 rings (SSSR count). The summed E-state index contributed by atoms with van der Waals surface area (Å²) in [5.74, 6) is -6.77. The number of halogens is 3. The van der Waals surface area contributed by atoms with Crippen LogP contribution in [0.25, 0.3) is 0 Å². The van der Waals surface area contributed by atoms with Crippen molar-refractivity contribution in [2.75, 3.05) is 5.32 Å². The predicted octanol–water partition coefficient (Wildman–Crippen LogP) is 3.24. The Bertz CT molecular complexity index is 906. The van der Waals surface area contributed by atoms with Crippen molar-refractivity contribution in [1.82, 2.24) is 5.32 Å². The summed E-state index contributed by atoms with van der Waals surface area (Å²) in [5.41, 5.74) is 0.0813. The van der Waals surface area contributed by atoms with Gasteiger partial charge >= 0.3 is 5.97 Å². The summed E-state index contributed by atoms with van der Waals surface area (Å²) in [6.45, 7) is 2.54. The highest BCUT2D eigenvalue weighted by molar-refractivity contribution is 5.95. The highest BCUT2D eigenvalue weighted by atomic mass is 19.2. The fourth-order valence-corrected chi connectivity index (χ4v) is 2.51. The first-order valence-corrected chi connectivity index (χ1v) is 8.65. The van der Waals surface area contributed by atoms with Gasteiger partial charge in [0.05, 0.1) is 18.2 Å². The monoisotopic (exact) mass is 408 g/mol. The lowest BCUT2D eigenvalue weighted by molar-refractivity contribution is -0.153. The molecule has 2 aromatic rings. The second-order valence-electron chi connectivity index (χ2n) is 6.21. The lowest BCUT2D eigenvalue weighted by Crippen LogP contribution is -2.33.